The van der Waals surface area contributed by atoms with Crippen molar-refractivity contribution < 1.29 is 14.6 Å². The third-order valence-electron chi connectivity index (χ3n) is 5.43. The summed E-state index contributed by atoms with van der Waals surface area (Å²) < 4.78 is 12.2. The first kappa shape index (κ1) is 18.1. The zero-order chi connectivity index (χ0) is 16.4. The molecule has 0 aromatic heterocycles. The van der Waals surface area contributed by atoms with E-state index < -0.39 is 16.8 Å². The summed E-state index contributed by atoms with van der Waals surface area (Å²) in [5, 5.41) is 18.1. The van der Waals surface area contributed by atoms with E-state index >= 15 is 0 Å². The van der Waals surface area contributed by atoms with Crippen LogP contribution in [0.1, 0.15) is 27.7 Å². The highest BCUT2D eigenvalue weighted by Crippen LogP contribution is 2.35. The molecule has 3 N–H and O–H groups in total. The van der Waals surface area contributed by atoms with Gasteiger partial charge in [-0.2, -0.15) is 0 Å². The molecule has 0 bridgehead atoms. The Balaban J connectivity index is 2.16. The summed E-state index contributed by atoms with van der Waals surface area (Å²) in [5.41, 5.74) is -1.90. The first-order valence-electron chi connectivity index (χ1n) is 8.30. The maximum Gasteiger partial charge on any atom is 0.128 e. The minimum Gasteiger partial charge on any atom is -0.383 e. The van der Waals surface area contributed by atoms with Gasteiger partial charge < -0.3 is 25.2 Å². The number of ether oxygens (including phenoxy) is 2. The van der Waals surface area contributed by atoms with Crippen molar-refractivity contribution in [3.05, 3.63) is 0 Å². The van der Waals surface area contributed by atoms with Gasteiger partial charge in [-0.15, -0.1) is 0 Å². The highest BCUT2D eigenvalue weighted by molar-refractivity contribution is 5.01. The molecule has 0 aromatic carbocycles. The third kappa shape index (κ3) is 3.80. The fourth-order valence-electron chi connectivity index (χ4n) is 2.90. The maximum absolute atomic E-state index is 11.3. The largest absolute Gasteiger partial charge is 0.383 e. The lowest BCUT2D eigenvalue weighted by Crippen LogP contribution is -2.60. The number of nitrogens with zero attached hydrogens (tertiary/aromatic N) is 1. The molecule has 2 saturated heterocycles. The summed E-state index contributed by atoms with van der Waals surface area (Å²) in [7, 11) is 2.05. The molecule has 0 amide bonds. The summed E-state index contributed by atoms with van der Waals surface area (Å²) >= 11 is 0. The third-order valence-corrected chi connectivity index (χ3v) is 5.43. The monoisotopic (exact) mass is 315 g/mol. The molecule has 0 radical (unpaired) electrons. The zero-order valence-corrected chi connectivity index (χ0v) is 14.7. The second kappa shape index (κ2) is 6.71. The fourth-order valence-corrected chi connectivity index (χ4v) is 2.90. The lowest BCUT2D eigenvalue weighted by atomic mass is 9.89. The molecule has 2 rings (SSSR count). The van der Waals surface area contributed by atoms with E-state index in [1.54, 1.807) is 0 Å². The van der Waals surface area contributed by atoms with E-state index in [1.807, 2.05) is 27.7 Å². The van der Waals surface area contributed by atoms with E-state index in [-0.39, 0.29) is 19.3 Å². The summed E-state index contributed by atoms with van der Waals surface area (Å²) in [6.45, 7) is 13.0. The van der Waals surface area contributed by atoms with Crippen molar-refractivity contribution in [2.24, 2.45) is 0 Å². The van der Waals surface area contributed by atoms with Crippen LogP contribution in [0.4, 0.5) is 0 Å². The number of aliphatic hydroxyl groups is 1. The molecule has 1 unspecified atom stereocenters. The van der Waals surface area contributed by atoms with Crippen LogP contribution in [0.3, 0.4) is 0 Å². The maximum atomic E-state index is 11.3. The molecule has 0 aliphatic carbocycles. The molecule has 0 saturated carbocycles. The normalized spacial score (nSPS) is 33.3. The summed E-state index contributed by atoms with van der Waals surface area (Å²) in [6.07, 6.45) is 0. The van der Waals surface area contributed by atoms with Gasteiger partial charge >= 0.3 is 0 Å². The van der Waals surface area contributed by atoms with Gasteiger partial charge in [0.25, 0.3) is 0 Å². The Morgan fingerprint density at radius 1 is 0.955 bits per heavy atom. The van der Waals surface area contributed by atoms with E-state index in [0.29, 0.717) is 0 Å². The second-order valence-corrected chi connectivity index (χ2v) is 7.65. The molecule has 0 spiro atoms. The molecule has 2 heterocycles. The first-order valence-corrected chi connectivity index (χ1v) is 8.30. The Kier molecular flexibility index (Phi) is 5.52. The van der Waals surface area contributed by atoms with E-state index in [4.69, 9.17) is 9.47 Å². The molecule has 2 fully saturated rings. The zero-order valence-electron chi connectivity index (χ0n) is 14.7. The molecule has 6 nitrogen and oxygen atoms in total. The van der Waals surface area contributed by atoms with Crippen LogP contribution in [0, 0.1) is 0 Å². The Labute approximate surface area is 134 Å². The number of rotatable bonds is 1. The van der Waals surface area contributed by atoms with E-state index in [1.165, 1.54) is 0 Å². The molecule has 0 aromatic rings. The van der Waals surface area contributed by atoms with Crippen molar-refractivity contribution in [1.82, 2.24) is 15.5 Å². The van der Waals surface area contributed by atoms with Crippen molar-refractivity contribution in [3.63, 3.8) is 0 Å². The lowest BCUT2D eigenvalue weighted by Gasteiger charge is -2.40. The van der Waals surface area contributed by atoms with Crippen molar-refractivity contribution in [1.29, 1.82) is 0 Å². The molecule has 2 aliphatic rings. The molecular weight excluding hydrogens is 282 g/mol. The van der Waals surface area contributed by atoms with E-state index in [0.717, 1.165) is 32.7 Å². The topological polar surface area (TPSA) is 66.0 Å². The molecular formula is C16H33N3O3. The summed E-state index contributed by atoms with van der Waals surface area (Å²) in [5.74, 6) is 0. The Morgan fingerprint density at radius 2 is 1.50 bits per heavy atom. The fraction of sp³-hybridized carbons (Fsp3) is 1.00. The van der Waals surface area contributed by atoms with Gasteiger partial charge in [0.05, 0.1) is 30.5 Å². The van der Waals surface area contributed by atoms with Crippen LogP contribution in [0.25, 0.3) is 0 Å². The standard InChI is InChI=1S/C16H33N3O3/c1-14(2)15(3,4)22-12-16(20,11-21-14)13-10-18-7-6-17-8-9-19(13)5/h13,17-18,20H,6-12H2,1-5H3. The predicted octanol–water partition coefficient (Wildman–Crippen LogP) is -0.185. The van der Waals surface area contributed by atoms with Crippen LogP contribution in [-0.4, -0.2) is 85.8 Å². The van der Waals surface area contributed by atoms with Gasteiger partial charge in [-0.3, -0.25) is 4.90 Å². The highest BCUT2D eigenvalue weighted by Gasteiger charge is 2.49. The lowest BCUT2D eigenvalue weighted by molar-refractivity contribution is -0.147. The highest BCUT2D eigenvalue weighted by atomic mass is 16.6. The van der Waals surface area contributed by atoms with E-state index in [2.05, 4.69) is 22.6 Å². The van der Waals surface area contributed by atoms with Crippen LogP contribution in [0.15, 0.2) is 0 Å². The predicted molar refractivity (Wildman–Crippen MR) is 87.2 cm³/mol. The van der Waals surface area contributed by atoms with Gasteiger partial charge in [-0.05, 0) is 34.7 Å². The second-order valence-electron chi connectivity index (χ2n) is 7.65. The number of hydrogen-bond acceptors (Lipinski definition) is 6. The van der Waals surface area contributed by atoms with Gasteiger partial charge in [0.15, 0.2) is 0 Å². The molecule has 6 heteroatoms. The number of hydrogen-bond donors (Lipinski definition) is 3. The molecule has 130 valence electrons. The molecule has 2 aliphatic heterocycles. The van der Waals surface area contributed by atoms with E-state index in [9.17, 15) is 5.11 Å². The van der Waals surface area contributed by atoms with Crippen LogP contribution < -0.4 is 10.6 Å². The summed E-state index contributed by atoms with van der Waals surface area (Å²) in [6, 6.07) is -0.0444. The summed E-state index contributed by atoms with van der Waals surface area (Å²) in [4.78, 5) is 2.20. The molecule has 22 heavy (non-hydrogen) atoms. The van der Waals surface area contributed by atoms with Crippen LogP contribution in [0.5, 0.6) is 0 Å². The Bertz CT molecular complexity index is 356. The van der Waals surface area contributed by atoms with Crippen molar-refractivity contribution in [3.8, 4) is 0 Å². The molecule has 1 atom stereocenters. The SMILES string of the molecule is CN1CCNCCNCC1C1(O)COC(C)(C)C(C)(C)OC1. The van der Waals surface area contributed by atoms with Gasteiger partial charge in [-0.25, -0.2) is 0 Å². The van der Waals surface area contributed by atoms with Gasteiger partial charge in [0, 0.05) is 32.7 Å². The van der Waals surface area contributed by atoms with Crippen LogP contribution in [-0.2, 0) is 9.47 Å². The van der Waals surface area contributed by atoms with Crippen LogP contribution in [0.2, 0.25) is 0 Å². The minimum atomic E-state index is -1.02. The Hall–Kier alpha value is -0.240. The van der Waals surface area contributed by atoms with Gasteiger partial charge in [-0.1, -0.05) is 0 Å². The Morgan fingerprint density at radius 3 is 2.09 bits per heavy atom. The first-order chi connectivity index (χ1) is 10.2. The number of likely N-dealkylation sites (N-methyl/N-ethyl adjacent to an activating group) is 1. The van der Waals surface area contributed by atoms with Crippen molar-refractivity contribution in [2.75, 3.05) is 53.0 Å². The van der Waals surface area contributed by atoms with Crippen molar-refractivity contribution in [2.45, 2.75) is 50.5 Å². The van der Waals surface area contributed by atoms with Crippen molar-refractivity contribution >= 4 is 0 Å². The average Bonchev–Trinajstić information content (AvgIpc) is 2.52. The van der Waals surface area contributed by atoms with Gasteiger partial charge in [0.1, 0.15) is 5.60 Å². The average molecular weight is 315 g/mol. The minimum absolute atomic E-state index is 0.0444. The quantitative estimate of drug-likeness (QED) is 0.624. The van der Waals surface area contributed by atoms with Gasteiger partial charge in [0.2, 0.25) is 0 Å². The number of nitrogens with one attached hydrogen (secondary N) is 2. The van der Waals surface area contributed by atoms with Crippen LogP contribution >= 0.6 is 0 Å². The smallest absolute Gasteiger partial charge is 0.128 e.